The normalized spacial score (nSPS) is 11.5. The molecule has 0 saturated carbocycles. The summed E-state index contributed by atoms with van der Waals surface area (Å²) >= 11 is 0. The number of hydrogen-bond donors (Lipinski definition) is 1. The fraction of sp³-hybridized carbons (Fsp3) is 0.500. The Labute approximate surface area is 108 Å². The van der Waals surface area contributed by atoms with Crippen LogP contribution in [-0.4, -0.2) is 28.2 Å². The summed E-state index contributed by atoms with van der Waals surface area (Å²) < 4.78 is 33.0. The van der Waals surface area contributed by atoms with Crippen molar-refractivity contribution in [2.45, 2.75) is 25.2 Å². The van der Waals surface area contributed by atoms with Crippen molar-refractivity contribution in [1.82, 2.24) is 0 Å². The van der Waals surface area contributed by atoms with Gasteiger partial charge in [0.1, 0.15) is 5.75 Å². The summed E-state index contributed by atoms with van der Waals surface area (Å²) in [7, 11) is -3.65. The van der Waals surface area contributed by atoms with Crippen LogP contribution in [0.15, 0.2) is 23.1 Å². The highest BCUT2D eigenvalue weighted by atomic mass is 32.2. The Morgan fingerprint density at radius 3 is 2.56 bits per heavy atom. The fourth-order valence-corrected chi connectivity index (χ4v) is 2.05. The maximum absolute atomic E-state index is 11.1. The average molecular weight is 273 g/mol. The molecular weight excluding hydrogens is 254 g/mol. The lowest BCUT2D eigenvalue weighted by Gasteiger charge is -2.10. The molecule has 0 heterocycles. The van der Waals surface area contributed by atoms with Gasteiger partial charge in [-0.2, -0.15) is 0 Å². The standard InChI is InChI=1S/C12H19NO4S/c1-3-16-7-4-8-17-12-6-5-11(9-10(12)2)18(13,14)15/h5-6,9H,3-4,7-8H2,1-2H3,(H2,13,14,15). The Hall–Kier alpha value is -1.11. The van der Waals surface area contributed by atoms with Gasteiger partial charge in [-0.1, -0.05) is 0 Å². The van der Waals surface area contributed by atoms with Crippen molar-refractivity contribution in [3.05, 3.63) is 23.8 Å². The highest BCUT2D eigenvalue weighted by molar-refractivity contribution is 7.89. The minimum Gasteiger partial charge on any atom is -0.493 e. The third-order valence-corrected chi connectivity index (χ3v) is 3.28. The van der Waals surface area contributed by atoms with E-state index in [4.69, 9.17) is 14.6 Å². The zero-order valence-electron chi connectivity index (χ0n) is 10.7. The van der Waals surface area contributed by atoms with Gasteiger partial charge in [-0.25, -0.2) is 13.6 Å². The molecule has 0 aliphatic carbocycles. The summed E-state index contributed by atoms with van der Waals surface area (Å²) in [5, 5.41) is 5.05. The van der Waals surface area contributed by atoms with Crippen molar-refractivity contribution >= 4 is 10.0 Å². The summed E-state index contributed by atoms with van der Waals surface area (Å²) in [6, 6.07) is 4.57. The smallest absolute Gasteiger partial charge is 0.238 e. The molecule has 0 spiro atoms. The van der Waals surface area contributed by atoms with Gasteiger partial charge in [0.25, 0.3) is 0 Å². The van der Waals surface area contributed by atoms with Crippen LogP contribution in [0.5, 0.6) is 5.75 Å². The van der Waals surface area contributed by atoms with Crippen molar-refractivity contribution in [2.75, 3.05) is 19.8 Å². The molecule has 0 atom stereocenters. The molecule has 0 aliphatic heterocycles. The van der Waals surface area contributed by atoms with Crippen molar-refractivity contribution in [1.29, 1.82) is 0 Å². The Bertz CT molecular complexity index is 485. The number of nitrogens with two attached hydrogens (primary N) is 1. The largest absolute Gasteiger partial charge is 0.493 e. The molecule has 18 heavy (non-hydrogen) atoms. The molecule has 0 unspecified atom stereocenters. The van der Waals surface area contributed by atoms with E-state index < -0.39 is 10.0 Å². The number of aryl methyl sites for hydroxylation is 1. The minimum absolute atomic E-state index is 0.0988. The predicted octanol–water partition coefficient (Wildman–Crippen LogP) is 1.45. The summed E-state index contributed by atoms with van der Waals surface area (Å²) in [6.45, 7) is 5.62. The van der Waals surface area contributed by atoms with Crippen molar-refractivity contribution < 1.29 is 17.9 Å². The molecule has 2 N–H and O–H groups in total. The molecule has 1 aromatic carbocycles. The number of ether oxygens (including phenoxy) is 2. The topological polar surface area (TPSA) is 78.6 Å². The van der Waals surface area contributed by atoms with E-state index in [1.807, 2.05) is 6.92 Å². The highest BCUT2D eigenvalue weighted by Gasteiger charge is 2.09. The van der Waals surface area contributed by atoms with Crippen molar-refractivity contribution in [3.8, 4) is 5.75 Å². The quantitative estimate of drug-likeness (QED) is 0.763. The van der Waals surface area contributed by atoms with Gasteiger partial charge in [-0.05, 0) is 37.6 Å². The van der Waals surface area contributed by atoms with Gasteiger partial charge in [-0.3, -0.25) is 0 Å². The number of rotatable bonds is 7. The second-order valence-corrected chi connectivity index (χ2v) is 5.43. The van der Waals surface area contributed by atoms with E-state index in [1.165, 1.54) is 12.1 Å². The zero-order valence-corrected chi connectivity index (χ0v) is 11.5. The van der Waals surface area contributed by atoms with Crippen molar-refractivity contribution in [2.24, 2.45) is 5.14 Å². The third-order valence-electron chi connectivity index (χ3n) is 2.37. The molecule has 102 valence electrons. The molecule has 0 fully saturated rings. The van der Waals surface area contributed by atoms with Crippen LogP contribution >= 0.6 is 0 Å². The molecule has 0 amide bonds. The van der Waals surface area contributed by atoms with Crippen LogP contribution in [0.4, 0.5) is 0 Å². The SMILES string of the molecule is CCOCCCOc1ccc(S(N)(=O)=O)cc1C. The first-order valence-electron chi connectivity index (χ1n) is 5.79. The van der Waals surface area contributed by atoms with Gasteiger partial charge in [0.15, 0.2) is 0 Å². The second-order valence-electron chi connectivity index (χ2n) is 3.87. The van der Waals surface area contributed by atoms with Crippen LogP contribution in [0, 0.1) is 6.92 Å². The van der Waals surface area contributed by atoms with E-state index in [2.05, 4.69) is 0 Å². The highest BCUT2D eigenvalue weighted by Crippen LogP contribution is 2.21. The van der Waals surface area contributed by atoms with Crippen LogP contribution in [0.3, 0.4) is 0 Å². The van der Waals surface area contributed by atoms with Gasteiger partial charge in [0.05, 0.1) is 11.5 Å². The van der Waals surface area contributed by atoms with E-state index in [-0.39, 0.29) is 4.90 Å². The summed E-state index contributed by atoms with van der Waals surface area (Å²) in [6.07, 6.45) is 0.796. The van der Waals surface area contributed by atoms with Gasteiger partial charge >= 0.3 is 0 Å². The van der Waals surface area contributed by atoms with E-state index in [1.54, 1.807) is 13.0 Å². The molecular formula is C12H19NO4S. The Morgan fingerprint density at radius 1 is 1.28 bits per heavy atom. The third kappa shape index (κ3) is 4.64. The maximum Gasteiger partial charge on any atom is 0.238 e. The fourth-order valence-electron chi connectivity index (χ4n) is 1.45. The van der Waals surface area contributed by atoms with E-state index in [0.29, 0.717) is 25.6 Å². The lowest BCUT2D eigenvalue weighted by Crippen LogP contribution is -2.12. The Balaban J connectivity index is 2.58. The van der Waals surface area contributed by atoms with E-state index in [0.717, 1.165) is 12.0 Å². The molecule has 0 radical (unpaired) electrons. The molecule has 0 aromatic heterocycles. The molecule has 0 aliphatic rings. The number of hydrogen-bond acceptors (Lipinski definition) is 4. The summed E-state index contributed by atoms with van der Waals surface area (Å²) in [4.78, 5) is 0.0988. The van der Waals surface area contributed by atoms with Gasteiger partial charge in [0, 0.05) is 19.6 Å². The molecule has 0 saturated heterocycles. The number of benzene rings is 1. The van der Waals surface area contributed by atoms with E-state index in [9.17, 15) is 8.42 Å². The minimum atomic E-state index is -3.65. The molecule has 6 heteroatoms. The number of primary sulfonamides is 1. The Morgan fingerprint density at radius 2 is 2.00 bits per heavy atom. The first-order valence-corrected chi connectivity index (χ1v) is 7.33. The first-order chi connectivity index (χ1) is 8.45. The molecule has 0 bridgehead atoms. The van der Waals surface area contributed by atoms with E-state index >= 15 is 0 Å². The summed E-state index contributed by atoms with van der Waals surface area (Å²) in [5.74, 6) is 0.666. The van der Waals surface area contributed by atoms with Crippen LogP contribution in [-0.2, 0) is 14.8 Å². The van der Waals surface area contributed by atoms with Gasteiger partial charge in [-0.15, -0.1) is 0 Å². The zero-order chi connectivity index (χ0) is 13.6. The predicted molar refractivity (Wildman–Crippen MR) is 69.2 cm³/mol. The van der Waals surface area contributed by atoms with Crippen LogP contribution < -0.4 is 9.88 Å². The molecule has 1 aromatic rings. The second kappa shape index (κ2) is 6.72. The summed E-state index contributed by atoms with van der Waals surface area (Å²) in [5.41, 5.74) is 0.748. The van der Waals surface area contributed by atoms with Crippen LogP contribution in [0.1, 0.15) is 18.9 Å². The molecule has 5 nitrogen and oxygen atoms in total. The lowest BCUT2D eigenvalue weighted by atomic mass is 10.2. The average Bonchev–Trinajstić information content (AvgIpc) is 2.29. The molecule has 1 rings (SSSR count). The maximum atomic E-state index is 11.1. The number of sulfonamides is 1. The van der Waals surface area contributed by atoms with Gasteiger partial charge < -0.3 is 9.47 Å². The first kappa shape index (κ1) is 14.9. The van der Waals surface area contributed by atoms with Crippen LogP contribution in [0.2, 0.25) is 0 Å². The Kier molecular flexibility index (Phi) is 5.58. The lowest BCUT2D eigenvalue weighted by molar-refractivity contribution is 0.130. The van der Waals surface area contributed by atoms with Crippen molar-refractivity contribution in [3.63, 3.8) is 0 Å². The van der Waals surface area contributed by atoms with Gasteiger partial charge in [0.2, 0.25) is 10.0 Å². The van der Waals surface area contributed by atoms with Crippen LogP contribution in [0.25, 0.3) is 0 Å². The monoisotopic (exact) mass is 273 g/mol.